The van der Waals surface area contributed by atoms with E-state index in [0.29, 0.717) is 11.3 Å². The number of rotatable bonds is 4. The Bertz CT molecular complexity index is 480. The first-order chi connectivity index (χ1) is 8.75. The van der Waals surface area contributed by atoms with Crippen molar-refractivity contribution in [3.05, 3.63) is 29.6 Å². The molecule has 0 radical (unpaired) electrons. The monoisotopic (exact) mass is 265 g/mol. The standard InChI is InChI=1S/C13H19N3O3/c1-13(2,3)10(12(18)19)16-11(17)8-4-5-15-9(6-8)7-14/h4-6,10H,7,14H2,1-3H3,(H,16,17)(H,18,19)/t10-/m0/s1. The molecular weight excluding hydrogens is 246 g/mol. The summed E-state index contributed by atoms with van der Waals surface area (Å²) in [5.41, 5.74) is 5.80. The van der Waals surface area contributed by atoms with Gasteiger partial charge in [0.1, 0.15) is 6.04 Å². The SMILES string of the molecule is CC(C)(C)[C@@H](NC(=O)c1ccnc(CN)c1)C(=O)O. The average Bonchev–Trinajstić information content (AvgIpc) is 2.33. The zero-order chi connectivity index (χ0) is 14.6. The minimum atomic E-state index is -1.06. The molecule has 0 saturated heterocycles. The van der Waals surface area contributed by atoms with Crippen LogP contribution in [0, 0.1) is 5.41 Å². The van der Waals surface area contributed by atoms with E-state index in [1.54, 1.807) is 26.8 Å². The molecule has 0 spiro atoms. The van der Waals surface area contributed by atoms with Crippen molar-refractivity contribution in [2.75, 3.05) is 0 Å². The first-order valence-electron chi connectivity index (χ1n) is 5.94. The quantitative estimate of drug-likeness (QED) is 0.745. The molecule has 1 aromatic rings. The normalized spacial score (nSPS) is 12.8. The van der Waals surface area contributed by atoms with Crippen LogP contribution in [0.2, 0.25) is 0 Å². The zero-order valence-corrected chi connectivity index (χ0v) is 11.3. The molecule has 104 valence electrons. The van der Waals surface area contributed by atoms with E-state index in [0.717, 1.165) is 0 Å². The maximum Gasteiger partial charge on any atom is 0.326 e. The van der Waals surface area contributed by atoms with Crippen LogP contribution in [-0.2, 0) is 11.3 Å². The third-order valence-corrected chi connectivity index (χ3v) is 2.68. The van der Waals surface area contributed by atoms with Gasteiger partial charge in [-0.1, -0.05) is 20.8 Å². The Balaban J connectivity index is 2.91. The van der Waals surface area contributed by atoms with Crippen LogP contribution in [0.1, 0.15) is 36.8 Å². The fraction of sp³-hybridized carbons (Fsp3) is 0.462. The van der Waals surface area contributed by atoms with Crippen molar-refractivity contribution in [2.45, 2.75) is 33.4 Å². The van der Waals surface area contributed by atoms with E-state index < -0.39 is 23.3 Å². The van der Waals surface area contributed by atoms with Crippen molar-refractivity contribution < 1.29 is 14.7 Å². The van der Waals surface area contributed by atoms with Crippen molar-refractivity contribution in [3.63, 3.8) is 0 Å². The summed E-state index contributed by atoms with van der Waals surface area (Å²) >= 11 is 0. The number of nitrogens with one attached hydrogen (secondary N) is 1. The topological polar surface area (TPSA) is 105 Å². The summed E-state index contributed by atoms with van der Waals surface area (Å²) in [6, 6.07) is 2.11. The minimum Gasteiger partial charge on any atom is -0.480 e. The fourth-order valence-corrected chi connectivity index (χ4v) is 1.59. The number of hydrogen-bond donors (Lipinski definition) is 3. The highest BCUT2D eigenvalue weighted by atomic mass is 16.4. The highest BCUT2D eigenvalue weighted by molar-refractivity contribution is 5.96. The Morgan fingerprint density at radius 1 is 1.47 bits per heavy atom. The van der Waals surface area contributed by atoms with Gasteiger partial charge in [0.25, 0.3) is 5.91 Å². The van der Waals surface area contributed by atoms with Crippen molar-refractivity contribution in [3.8, 4) is 0 Å². The molecule has 0 unspecified atom stereocenters. The number of hydrogen-bond acceptors (Lipinski definition) is 4. The van der Waals surface area contributed by atoms with Crippen LogP contribution in [0.5, 0.6) is 0 Å². The second-order valence-corrected chi connectivity index (χ2v) is 5.35. The Morgan fingerprint density at radius 3 is 2.58 bits per heavy atom. The van der Waals surface area contributed by atoms with E-state index in [9.17, 15) is 9.59 Å². The molecule has 1 amide bonds. The average molecular weight is 265 g/mol. The maximum atomic E-state index is 12.0. The lowest BCUT2D eigenvalue weighted by Crippen LogP contribution is -2.49. The predicted molar refractivity (Wildman–Crippen MR) is 70.5 cm³/mol. The van der Waals surface area contributed by atoms with Crippen LogP contribution in [0.3, 0.4) is 0 Å². The highest BCUT2D eigenvalue weighted by Crippen LogP contribution is 2.20. The van der Waals surface area contributed by atoms with Crippen LogP contribution < -0.4 is 11.1 Å². The minimum absolute atomic E-state index is 0.225. The molecule has 6 nitrogen and oxygen atoms in total. The van der Waals surface area contributed by atoms with Crippen LogP contribution in [0.25, 0.3) is 0 Å². The Morgan fingerprint density at radius 2 is 2.11 bits per heavy atom. The van der Waals surface area contributed by atoms with E-state index in [1.807, 2.05) is 0 Å². The van der Waals surface area contributed by atoms with Gasteiger partial charge in [0, 0.05) is 18.3 Å². The van der Waals surface area contributed by atoms with Gasteiger partial charge in [0.15, 0.2) is 0 Å². The molecule has 1 aromatic heterocycles. The molecule has 0 aliphatic carbocycles. The van der Waals surface area contributed by atoms with Gasteiger partial charge in [-0.05, 0) is 17.5 Å². The first-order valence-corrected chi connectivity index (χ1v) is 5.94. The van der Waals surface area contributed by atoms with E-state index >= 15 is 0 Å². The van der Waals surface area contributed by atoms with Crippen LogP contribution in [0.4, 0.5) is 0 Å². The molecule has 4 N–H and O–H groups in total. The zero-order valence-electron chi connectivity index (χ0n) is 11.3. The van der Waals surface area contributed by atoms with E-state index in [2.05, 4.69) is 10.3 Å². The number of aromatic nitrogens is 1. The molecule has 0 aliphatic heterocycles. The number of carboxylic acid groups (broad SMARTS) is 1. The number of aliphatic carboxylic acids is 1. The molecule has 0 aromatic carbocycles. The largest absolute Gasteiger partial charge is 0.480 e. The van der Waals surface area contributed by atoms with Gasteiger partial charge in [0.05, 0.1) is 5.69 Å². The number of amides is 1. The smallest absolute Gasteiger partial charge is 0.326 e. The van der Waals surface area contributed by atoms with E-state index in [-0.39, 0.29) is 6.54 Å². The lowest BCUT2D eigenvalue weighted by molar-refractivity contribution is -0.142. The number of nitrogens with two attached hydrogens (primary N) is 1. The molecule has 0 aliphatic rings. The third kappa shape index (κ3) is 4.03. The van der Waals surface area contributed by atoms with Gasteiger partial charge in [-0.25, -0.2) is 4.79 Å². The second kappa shape index (κ2) is 5.79. The molecule has 0 fully saturated rings. The second-order valence-electron chi connectivity index (χ2n) is 5.35. The summed E-state index contributed by atoms with van der Waals surface area (Å²) in [6.07, 6.45) is 1.48. The molecule has 19 heavy (non-hydrogen) atoms. The number of pyridine rings is 1. The molecular formula is C13H19N3O3. The van der Waals surface area contributed by atoms with Gasteiger partial charge >= 0.3 is 5.97 Å². The molecule has 0 saturated carbocycles. The summed E-state index contributed by atoms with van der Waals surface area (Å²) in [5, 5.41) is 11.7. The van der Waals surface area contributed by atoms with Crippen LogP contribution in [0.15, 0.2) is 18.3 Å². The summed E-state index contributed by atoms with van der Waals surface area (Å²) < 4.78 is 0. The third-order valence-electron chi connectivity index (χ3n) is 2.68. The Labute approximate surface area is 112 Å². The van der Waals surface area contributed by atoms with E-state index in [4.69, 9.17) is 10.8 Å². The van der Waals surface area contributed by atoms with Gasteiger partial charge in [0.2, 0.25) is 0 Å². The maximum absolute atomic E-state index is 12.0. The highest BCUT2D eigenvalue weighted by Gasteiger charge is 2.32. The molecule has 0 bridgehead atoms. The molecule has 1 heterocycles. The summed E-state index contributed by atoms with van der Waals surface area (Å²) in [6.45, 7) is 5.49. The number of nitrogens with zero attached hydrogens (tertiary/aromatic N) is 1. The van der Waals surface area contributed by atoms with Crippen LogP contribution in [-0.4, -0.2) is 28.0 Å². The van der Waals surface area contributed by atoms with Crippen molar-refractivity contribution in [1.82, 2.24) is 10.3 Å². The van der Waals surface area contributed by atoms with Gasteiger partial charge in [-0.15, -0.1) is 0 Å². The summed E-state index contributed by atoms with van der Waals surface area (Å²) in [5.74, 6) is -1.51. The summed E-state index contributed by atoms with van der Waals surface area (Å²) in [7, 11) is 0. The van der Waals surface area contributed by atoms with Gasteiger partial charge in [-0.2, -0.15) is 0 Å². The first kappa shape index (κ1) is 15.1. The Kier molecular flexibility index (Phi) is 4.61. The van der Waals surface area contributed by atoms with Crippen molar-refractivity contribution in [1.29, 1.82) is 0 Å². The molecule has 6 heteroatoms. The van der Waals surface area contributed by atoms with Crippen molar-refractivity contribution >= 4 is 11.9 Å². The fourth-order valence-electron chi connectivity index (χ4n) is 1.59. The lowest BCUT2D eigenvalue weighted by Gasteiger charge is -2.27. The van der Waals surface area contributed by atoms with Gasteiger partial charge < -0.3 is 16.2 Å². The lowest BCUT2D eigenvalue weighted by atomic mass is 9.86. The number of carboxylic acids is 1. The van der Waals surface area contributed by atoms with Crippen LogP contribution >= 0.6 is 0 Å². The van der Waals surface area contributed by atoms with E-state index in [1.165, 1.54) is 12.3 Å². The summed E-state index contributed by atoms with van der Waals surface area (Å²) in [4.78, 5) is 27.2. The van der Waals surface area contributed by atoms with Crippen molar-refractivity contribution in [2.24, 2.45) is 11.1 Å². The Hall–Kier alpha value is -1.95. The molecule has 1 rings (SSSR count). The number of carbonyl (C=O) groups is 2. The van der Waals surface area contributed by atoms with Gasteiger partial charge in [-0.3, -0.25) is 9.78 Å². The predicted octanol–water partition coefficient (Wildman–Crippen LogP) is 0.769. The number of carbonyl (C=O) groups excluding carboxylic acids is 1. The molecule has 1 atom stereocenters.